The fraction of sp³-hybridized carbons (Fsp3) is 0.842. The number of hydrazine groups is 1. The van der Waals surface area contributed by atoms with E-state index in [2.05, 4.69) is 21.5 Å². The third-order valence-electron chi connectivity index (χ3n) is 6.27. The van der Waals surface area contributed by atoms with E-state index < -0.39 is 0 Å². The molecule has 2 amide bonds. The first-order chi connectivity index (χ1) is 12.9. The first-order valence-electron chi connectivity index (χ1n) is 10.0. The molecule has 27 heavy (non-hydrogen) atoms. The molecular formula is C19H32N4O3S. The molecule has 0 saturated heterocycles. The second-order valence-electron chi connectivity index (χ2n) is 8.71. The maximum atomic E-state index is 12.8. The van der Waals surface area contributed by atoms with Gasteiger partial charge < -0.3 is 15.4 Å². The van der Waals surface area contributed by atoms with E-state index in [1.165, 1.54) is 19.3 Å². The van der Waals surface area contributed by atoms with Crippen molar-refractivity contribution in [1.29, 1.82) is 0 Å². The van der Waals surface area contributed by atoms with Crippen molar-refractivity contribution in [3.8, 4) is 0 Å². The lowest BCUT2D eigenvalue weighted by molar-refractivity contribution is -0.146. The van der Waals surface area contributed by atoms with Crippen molar-refractivity contribution in [3.63, 3.8) is 0 Å². The quantitative estimate of drug-likeness (QED) is 0.382. The van der Waals surface area contributed by atoms with E-state index in [9.17, 15) is 9.59 Å². The van der Waals surface area contributed by atoms with Crippen LogP contribution >= 0.6 is 12.2 Å². The molecule has 4 N–H and O–H groups in total. The van der Waals surface area contributed by atoms with Crippen LogP contribution < -0.4 is 21.5 Å². The summed E-state index contributed by atoms with van der Waals surface area (Å²) in [4.78, 5) is 24.8. The molecule has 4 rings (SSSR count). The Balaban J connectivity index is 1.34. The second-order valence-corrected chi connectivity index (χ2v) is 9.12. The van der Waals surface area contributed by atoms with Gasteiger partial charge in [0.1, 0.15) is 0 Å². The molecule has 8 heteroatoms. The van der Waals surface area contributed by atoms with Gasteiger partial charge >= 0.3 is 0 Å². The fourth-order valence-electron chi connectivity index (χ4n) is 5.61. The number of rotatable bonds is 7. The number of thiocarbonyl (C=S) groups is 1. The van der Waals surface area contributed by atoms with Crippen molar-refractivity contribution >= 4 is 29.1 Å². The van der Waals surface area contributed by atoms with E-state index >= 15 is 0 Å². The Hall–Kier alpha value is -1.41. The number of hydrogen-bond acceptors (Lipinski definition) is 4. The van der Waals surface area contributed by atoms with Crippen molar-refractivity contribution in [2.45, 2.75) is 57.9 Å². The SMILES string of the molecule is COC[C@@H](C)NC(=S)NNC(=O)CCNC(=O)C12CC3CC(CC(C3)C1)C2. The largest absolute Gasteiger partial charge is 0.383 e. The number of ether oxygens (including phenoxy) is 1. The van der Waals surface area contributed by atoms with Gasteiger partial charge in [-0.05, 0) is 75.4 Å². The smallest absolute Gasteiger partial charge is 0.240 e. The van der Waals surface area contributed by atoms with Crippen molar-refractivity contribution in [1.82, 2.24) is 21.5 Å². The van der Waals surface area contributed by atoms with Crippen LogP contribution in [0.25, 0.3) is 0 Å². The Labute approximate surface area is 166 Å². The van der Waals surface area contributed by atoms with Crippen molar-refractivity contribution < 1.29 is 14.3 Å². The van der Waals surface area contributed by atoms with Gasteiger partial charge in [0.25, 0.3) is 0 Å². The first kappa shape index (κ1) is 20.3. The highest BCUT2D eigenvalue weighted by Gasteiger charge is 2.54. The summed E-state index contributed by atoms with van der Waals surface area (Å²) in [5.41, 5.74) is 5.06. The summed E-state index contributed by atoms with van der Waals surface area (Å²) >= 11 is 5.10. The third kappa shape index (κ3) is 5.10. The highest BCUT2D eigenvalue weighted by Crippen LogP contribution is 2.60. The van der Waals surface area contributed by atoms with Crippen LogP contribution in [-0.2, 0) is 14.3 Å². The molecule has 0 aliphatic heterocycles. The van der Waals surface area contributed by atoms with Gasteiger partial charge in [0.15, 0.2) is 5.11 Å². The molecule has 4 saturated carbocycles. The van der Waals surface area contributed by atoms with Crippen LogP contribution in [0.5, 0.6) is 0 Å². The summed E-state index contributed by atoms with van der Waals surface area (Å²) in [5, 5.41) is 6.35. The number of amides is 2. The molecule has 0 heterocycles. The standard InChI is InChI=1S/C19H32N4O3S/c1-12(11-26-2)21-18(27)23-22-16(24)3-4-20-17(25)19-8-13-5-14(9-19)7-15(6-13)10-19/h12-15H,3-11H2,1-2H3,(H,20,25)(H,22,24)(H2,21,23,27)/t12-,13?,14?,15?,19?/m1/s1. The van der Waals surface area contributed by atoms with Crippen molar-refractivity contribution in [3.05, 3.63) is 0 Å². The Kier molecular flexibility index (Phi) is 6.57. The summed E-state index contributed by atoms with van der Waals surface area (Å²) in [6.07, 6.45) is 7.29. The van der Waals surface area contributed by atoms with E-state index in [4.69, 9.17) is 17.0 Å². The number of nitrogens with one attached hydrogen (secondary N) is 4. The van der Waals surface area contributed by atoms with Crippen molar-refractivity contribution in [2.24, 2.45) is 23.2 Å². The van der Waals surface area contributed by atoms with Gasteiger partial charge in [-0.15, -0.1) is 0 Å². The Morgan fingerprint density at radius 3 is 2.26 bits per heavy atom. The maximum absolute atomic E-state index is 12.8. The van der Waals surface area contributed by atoms with Crippen LogP contribution in [0.15, 0.2) is 0 Å². The maximum Gasteiger partial charge on any atom is 0.240 e. The molecule has 4 fully saturated rings. The number of hydrogen-bond donors (Lipinski definition) is 4. The molecule has 4 aliphatic carbocycles. The van der Waals surface area contributed by atoms with Gasteiger partial charge in [-0.25, -0.2) is 0 Å². The molecule has 1 atom stereocenters. The van der Waals surface area contributed by atoms with E-state index in [-0.39, 0.29) is 29.7 Å². The van der Waals surface area contributed by atoms with Gasteiger partial charge in [-0.1, -0.05) is 0 Å². The zero-order valence-corrected chi connectivity index (χ0v) is 17.1. The Bertz CT molecular complexity index is 548. The minimum Gasteiger partial charge on any atom is -0.383 e. The summed E-state index contributed by atoms with van der Waals surface area (Å²) < 4.78 is 5.02. The molecule has 0 aromatic carbocycles. The zero-order valence-electron chi connectivity index (χ0n) is 16.3. The lowest BCUT2D eigenvalue weighted by atomic mass is 9.49. The van der Waals surface area contributed by atoms with Crippen LogP contribution in [-0.4, -0.2) is 43.2 Å². The van der Waals surface area contributed by atoms with Crippen LogP contribution in [0.4, 0.5) is 0 Å². The molecule has 4 bridgehead atoms. The topological polar surface area (TPSA) is 91.5 Å². The van der Waals surface area contributed by atoms with E-state index in [0.29, 0.717) is 18.3 Å². The number of methoxy groups -OCH3 is 1. The van der Waals surface area contributed by atoms with Gasteiger partial charge in [0.2, 0.25) is 11.8 Å². The molecule has 0 radical (unpaired) electrons. The van der Waals surface area contributed by atoms with E-state index in [0.717, 1.165) is 37.0 Å². The average Bonchev–Trinajstić information content (AvgIpc) is 2.59. The van der Waals surface area contributed by atoms with Crippen LogP contribution in [0.1, 0.15) is 51.9 Å². The molecule has 0 aromatic heterocycles. The Morgan fingerprint density at radius 1 is 1.11 bits per heavy atom. The first-order valence-corrected chi connectivity index (χ1v) is 10.4. The lowest BCUT2D eigenvalue weighted by Gasteiger charge is -2.55. The summed E-state index contributed by atoms with van der Waals surface area (Å²) in [7, 11) is 1.62. The monoisotopic (exact) mass is 396 g/mol. The fourth-order valence-corrected chi connectivity index (χ4v) is 5.86. The van der Waals surface area contributed by atoms with Gasteiger partial charge in [-0.3, -0.25) is 20.4 Å². The van der Waals surface area contributed by atoms with Gasteiger partial charge in [-0.2, -0.15) is 0 Å². The van der Waals surface area contributed by atoms with Crippen LogP contribution in [0, 0.1) is 23.2 Å². The minimum atomic E-state index is -0.204. The highest BCUT2D eigenvalue weighted by molar-refractivity contribution is 7.80. The predicted octanol–water partition coefficient (Wildman–Crippen LogP) is 1.24. The molecule has 7 nitrogen and oxygen atoms in total. The van der Waals surface area contributed by atoms with Crippen LogP contribution in [0.2, 0.25) is 0 Å². The minimum absolute atomic E-state index is 0.0477. The molecule has 0 spiro atoms. The zero-order chi connectivity index (χ0) is 19.4. The lowest BCUT2D eigenvalue weighted by Crippen LogP contribution is -2.54. The average molecular weight is 397 g/mol. The second kappa shape index (κ2) is 8.73. The summed E-state index contributed by atoms with van der Waals surface area (Å²) in [6, 6.07) is 0.0477. The third-order valence-corrected chi connectivity index (χ3v) is 6.49. The predicted molar refractivity (Wildman–Crippen MR) is 107 cm³/mol. The molecule has 152 valence electrons. The molecular weight excluding hydrogens is 364 g/mol. The Morgan fingerprint density at radius 2 is 1.70 bits per heavy atom. The van der Waals surface area contributed by atoms with Gasteiger partial charge in [0, 0.05) is 31.5 Å². The number of carbonyl (C=O) groups excluding carboxylic acids is 2. The van der Waals surface area contributed by atoms with E-state index in [1.54, 1.807) is 7.11 Å². The van der Waals surface area contributed by atoms with E-state index in [1.807, 2.05) is 6.92 Å². The summed E-state index contributed by atoms with van der Waals surface area (Å²) in [5.74, 6) is 2.17. The molecule has 0 unspecified atom stereocenters. The molecule has 4 aliphatic rings. The normalized spacial score (nSPS) is 31.9. The summed E-state index contributed by atoms with van der Waals surface area (Å²) in [6.45, 7) is 2.81. The number of carbonyl (C=O) groups is 2. The van der Waals surface area contributed by atoms with Crippen LogP contribution in [0.3, 0.4) is 0 Å². The van der Waals surface area contributed by atoms with Gasteiger partial charge in [0.05, 0.1) is 6.61 Å². The van der Waals surface area contributed by atoms with Crippen molar-refractivity contribution in [2.75, 3.05) is 20.3 Å². The molecule has 0 aromatic rings. The highest BCUT2D eigenvalue weighted by atomic mass is 32.1.